The molecule has 130 valence electrons. The lowest BCUT2D eigenvalue weighted by molar-refractivity contribution is -0.121. The van der Waals surface area contributed by atoms with Crippen molar-refractivity contribution in [3.05, 3.63) is 53.7 Å². The monoisotopic (exact) mass is 337 g/mol. The van der Waals surface area contributed by atoms with Gasteiger partial charge in [-0.25, -0.2) is 0 Å². The van der Waals surface area contributed by atoms with Crippen LogP contribution in [0.15, 0.2) is 47.0 Å². The number of aryl methyl sites for hydroxylation is 1. The summed E-state index contributed by atoms with van der Waals surface area (Å²) in [7, 11) is 0. The molecule has 3 unspecified atom stereocenters. The summed E-state index contributed by atoms with van der Waals surface area (Å²) < 4.78 is 5.10. The zero-order chi connectivity index (χ0) is 17.4. The molecule has 0 radical (unpaired) electrons. The third kappa shape index (κ3) is 3.12. The second-order valence-corrected chi connectivity index (χ2v) is 7.01. The number of hydrogen-bond acceptors (Lipinski definition) is 4. The van der Waals surface area contributed by atoms with E-state index in [2.05, 4.69) is 45.7 Å². The van der Waals surface area contributed by atoms with Crippen LogP contribution in [0, 0.1) is 6.92 Å². The van der Waals surface area contributed by atoms with Gasteiger partial charge in [0.15, 0.2) is 0 Å². The first kappa shape index (κ1) is 16.1. The van der Waals surface area contributed by atoms with Crippen LogP contribution in [-0.2, 0) is 4.79 Å². The normalized spacial score (nSPS) is 24.0. The Morgan fingerprint density at radius 2 is 2.12 bits per heavy atom. The number of carbonyl (C=O) groups excluding carboxylic acids is 1. The average Bonchev–Trinajstić information content (AvgIpc) is 3.14. The Morgan fingerprint density at radius 1 is 1.32 bits per heavy atom. The fourth-order valence-corrected chi connectivity index (χ4v) is 4.12. The molecule has 2 bridgehead atoms. The third-order valence-corrected chi connectivity index (χ3v) is 5.29. The second kappa shape index (κ2) is 6.48. The number of hydrogen-bond donors (Lipinski definition) is 1. The quantitative estimate of drug-likeness (QED) is 0.925. The molecule has 1 aromatic heterocycles. The van der Waals surface area contributed by atoms with Crippen LogP contribution < -0.4 is 5.32 Å². The molecule has 4 rings (SSSR count). The summed E-state index contributed by atoms with van der Waals surface area (Å²) in [5, 5.41) is 6.66. The minimum Gasteiger partial charge on any atom is -0.338 e. The molecule has 1 amide bonds. The van der Waals surface area contributed by atoms with Gasteiger partial charge in [-0.15, -0.1) is 0 Å². The molecule has 1 aromatic carbocycles. The Morgan fingerprint density at radius 3 is 2.80 bits per heavy atom. The molecule has 1 fully saturated rings. The molecule has 2 aliphatic rings. The molecule has 2 aliphatic heterocycles. The highest BCUT2D eigenvalue weighted by atomic mass is 16.5. The number of benzene rings is 1. The minimum atomic E-state index is -0.198. The van der Waals surface area contributed by atoms with E-state index in [1.54, 1.807) is 6.07 Å². The highest BCUT2D eigenvalue weighted by molar-refractivity contribution is 5.93. The third-order valence-electron chi connectivity index (χ3n) is 5.29. The van der Waals surface area contributed by atoms with Gasteiger partial charge in [0.2, 0.25) is 11.8 Å². The Bertz CT molecular complexity index is 796. The summed E-state index contributed by atoms with van der Waals surface area (Å²) in [4.78, 5) is 15.0. The first-order valence-corrected chi connectivity index (χ1v) is 8.89. The molecule has 5 heteroatoms. The SMILES string of the molecule is Cc1cc(NC(=O)C(C)N2C3C=C(c4ccccc4)CC2CC3)on1. The lowest BCUT2D eigenvalue weighted by atomic mass is 9.93. The van der Waals surface area contributed by atoms with Gasteiger partial charge in [-0.3, -0.25) is 15.0 Å². The minimum absolute atomic E-state index is 0.0374. The number of nitrogens with one attached hydrogen (secondary N) is 1. The van der Waals surface area contributed by atoms with Crippen molar-refractivity contribution in [3.63, 3.8) is 0 Å². The molecular formula is C20H23N3O2. The summed E-state index contributed by atoms with van der Waals surface area (Å²) in [6, 6.07) is 12.8. The first-order valence-electron chi connectivity index (χ1n) is 8.89. The summed E-state index contributed by atoms with van der Waals surface area (Å²) >= 11 is 0. The van der Waals surface area contributed by atoms with Crippen molar-refractivity contribution in [2.75, 3.05) is 5.32 Å². The maximum Gasteiger partial charge on any atom is 0.243 e. The molecule has 3 atom stereocenters. The average molecular weight is 337 g/mol. The lowest BCUT2D eigenvalue weighted by Crippen LogP contribution is -2.49. The standard InChI is InChI=1S/C20H23N3O2/c1-13-10-19(25-22-13)21-20(24)14(2)23-17-8-9-18(23)12-16(11-17)15-6-4-3-5-7-15/h3-7,10-11,14,17-18H,8-9,12H2,1-2H3,(H,21,24). The topological polar surface area (TPSA) is 58.4 Å². The molecule has 2 aromatic rings. The Labute approximate surface area is 147 Å². The fraction of sp³-hybridized carbons (Fsp3) is 0.400. The number of nitrogens with zero attached hydrogens (tertiary/aromatic N) is 2. The predicted molar refractivity (Wildman–Crippen MR) is 97.0 cm³/mol. The number of anilines is 1. The molecule has 0 aliphatic carbocycles. The smallest absolute Gasteiger partial charge is 0.243 e. The van der Waals surface area contributed by atoms with Crippen molar-refractivity contribution in [2.45, 2.75) is 51.2 Å². The zero-order valence-electron chi connectivity index (χ0n) is 14.6. The van der Waals surface area contributed by atoms with E-state index < -0.39 is 0 Å². The largest absolute Gasteiger partial charge is 0.338 e. The van der Waals surface area contributed by atoms with Crippen molar-refractivity contribution in [3.8, 4) is 0 Å². The van der Waals surface area contributed by atoms with Crippen LogP contribution in [0.4, 0.5) is 5.88 Å². The summed E-state index contributed by atoms with van der Waals surface area (Å²) in [6.45, 7) is 3.81. The van der Waals surface area contributed by atoms with Gasteiger partial charge in [-0.05, 0) is 44.2 Å². The number of amides is 1. The molecule has 25 heavy (non-hydrogen) atoms. The molecule has 0 spiro atoms. The maximum absolute atomic E-state index is 12.6. The summed E-state index contributed by atoms with van der Waals surface area (Å²) in [6.07, 6.45) is 5.59. The number of aromatic nitrogens is 1. The second-order valence-electron chi connectivity index (χ2n) is 7.01. The van der Waals surface area contributed by atoms with Crippen molar-refractivity contribution in [1.82, 2.24) is 10.1 Å². The Hall–Kier alpha value is -2.40. The molecule has 0 saturated carbocycles. The van der Waals surface area contributed by atoms with Crippen molar-refractivity contribution in [2.24, 2.45) is 0 Å². The highest BCUT2D eigenvalue weighted by Gasteiger charge is 2.41. The van der Waals surface area contributed by atoms with Gasteiger partial charge in [0.05, 0.1) is 11.7 Å². The fourth-order valence-electron chi connectivity index (χ4n) is 4.12. The van der Waals surface area contributed by atoms with Crippen LogP contribution in [0.25, 0.3) is 5.57 Å². The van der Waals surface area contributed by atoms with Crippen LogP contribution >= 0.6 is 0 Å². The molecule has 5 nitrogen and oxygen atoms in total. The van der Waals surface area contributed by atoms with E-state index in [9.17, 15) is 4.79 Å². The van der Waals surface area contributed by atoms with Crippen LogP contribution in [0.3, 0.4) is 0 Å². The van der Waals surface area contributed by atoms with Gasteiger partial charge in [0.1, 0.15) is 0 Å². The number of fused-ring (bicyclic) bond motifs is 2. The van der Waals surface area contributed by atoms with E-state index in [1.165, 1.54) is 11.1 Å². The van der Waals surface area contributed by atoms with Gasteiger partial charge in [-0.2, -0.15) is 0 Å². The van der Waals surface area contributed by atoms with Crippen molar-refractivity contribution < 1.29 is 9.32 Å². The van der Waals surface area contributed by atoms with Crippen LogP contribution in [-0.4, -0.2) is 34.1 Å². The highest BCUT2D eigenvalue weighted by Crippen LogP contribution is 2.39. The summed E-state index contributed by atoms with van der Waals surface area (Å²) in [5.41, 5.74) is 3.47. The molecule has 1 N–H and O–H groups in total. The van der Waals surface area contributed by atoms with Gasteiger partial charge < -0.3 is 4.52 Å². The van der Waals surface area contributed by atoms with E-state index in [4.69, 9.17) is 4.52 Å². The first-order chi connectivity index (χ1) is 12.1. The van der Waals surface area contributed by atoms with Crippen molar-refractivity contribution in [1.29, 1.82) is 0 Å². The van der Waals surface area contributed by atoms with Gasteiger partial charge in [0, 0.05) is 18.2 Å². The van der Waals surface area contributed by atoms with Gasteiger partial charge in [-0.1, -0.05) is 41.6 Å². The van der Waals surface area contributed by atoms with E-state index in [-0.39, 0.29) is 11.9 Å². The zero-order valence-corrected chi connectivity index (χ0v) is 14.6. The maximum atomic E-state index is 12.6. The predicted octanol–water partition coefficient (Wildman–Crippen LogP) is 3.63. The van der Waals surface area contributed by atoms with Crippen LogP contribution in [0.5, 0.6) is 0 Å². The summed E-state index contributed by atoms with van der Waals surface area (Å²) in [5.74, 6) is 0.379. The van der Waals surface area contributed by atoms with Crippen LogP contribution in [0.2, 0.25) is 0 Å². The van der Waals surface area contributed by atoms with Gasteiger partial charge in [0.25, 0.3) is 0 Å². The van der Waals surface area contributed by atoms with Crippen molar-refractivity contribution >= 4 is 17.4 Å². The van der Waals surface area contributed by atoms with E-state index in [1.807, 2.05) is 19.9 Å². The molecule has 3 heterocycles. The lowest BCUT2D eigenvalue weighted by Gasteiger charge is -2.37. The number of rotatable bonds is 4. The Balaban J connectivity index is 1.50. The Kier molecular flexibility index (Phi) is 4.17. The molecular weight excluding hydrogens is 314 g/mol. The molecule has 1 saturated heterocycles. The van der Waals surface area contributed by atoms with E-state index >= 15 is 0 Å². The van der Waals surface area contributed by atoms with E-state index in [0.717, 1.165) is 25.0 Å². The van der Waals surface area contributed by atoms with Crippen LogP contribution in [0.1, 0.15) is 37.4 Å². The van der Waals surface area contributed by atoms with Gasteiger partial charge >= 0.3 is 0 Å². The van der Waals surface area contributed by atoms with E-state index in [0.29, 0.717) is 18.0 Å². The number of carbonyl (C=O) groups is 1.